The van der Waals surface area contributed by atoms with Gasteiger partial charge in [-0.25, -0.2) is 9.97 Å². The van der Waals surface area contributed by atoms with Crippen LogP contribution in [-0.2, 0) is 11.2 Å². The predicted molar refractivity (Wildman–Crippen MR) is 174 cm³/mol. The fraction of sp³-hybridized carbons (Fsp3) is 0.656. The van der Waals surface area contributed by atoms with Crippen molar-refractivity contribution in [1.29, 1.82) is 0 Å². The molecular weight excluding hydrogens is 530 g/mol. The standard InChI is InChI=1S/C32H51N7OS/c1-5-13-29-35-30-31(41-29)26-14-8-9-15-27(26)33-32(30)34-28(40)16-7-6-10-18-37(4)19-12-21-39-24-22-38(23-25-39)20-11-17-36(2)3/h8-9,14-15H,5-7,10-13,16-25H2,1-4H3,(H,33,34,40). The first-order valence-electron chi connectivity index (χ1n) is 15.7. The molecule has 1 amide bonds. The first-order valence-corrected chi connectivity index (χ1v) is 16.5. The number of aromatic nitrogens is 2. The molecule has 1 aliphatic rings. The van der Waals surface area contributed by atoms with Gasteiger partial charge in [0.25, 0.3) is 0 Å². The Balaban J connectivity index is 1.10. The molecule has 1 saturated heterocycles. The zero-order valence-corrected chi connectivity index (χ0v) is 26.6. The molecule has 1 N–H and O–H groups in total. The van der Waals surface area contributed by atoms with Gasteiger partial charge in [-0.1, -0.05) is 31.5 Å². The summed E-state index contributed by atoms with van der Waals surface area (Å²) in [6.45, 7) is 12.8. The van der Waals surface area contributed by atoms with Crippen molar-refractivity contribution in [1.82, 2.24) is 29.6 Å². The van der Waals surface area contributed by atoms with E-state index in [-0.39, 0.29) is 5.91 Å². The molecule has 3 heterocycles. The van der Waals surface area contributed by atoms with Crippen molar-refractivity contribution in [2.75, 3.05) is 85.4 Å². The highest BCUT2D eigenvalue weighted by atomic mass is 32.1. The first kappa shape index (κ1) is 31.8. The number of hydrogen-bond donors (Lipinski definition) is 1. The molecule has 1 aromatic carbocycles. The summed E-state index contributed by atoms with van der Waals surface area (Å²) >= 11 is 1.72. The summed E-state index contributed by atoms with van der Waals surface area (Å²) in [4.78, 5) is 32.4. The second-order valence-corrected chi connectivity index (χ2v) is 13.0. The number of nitrogens with one attached hydrogen (secondary N) is 1. The van der Waals surface area contributed by atoms with E-state index in [1.54, 1.807) is 11.3 Å². The fourth-order valence-electron chi connectivity index (χ4n) is 5.61. The van der Waals surface area contributed by atoms with Crippen LogP contribution in [0.25, 0.3) is 21.1 Å². The van der Waals surface area contributed by atoms with Gasteiger partial charge in [-0.15, -0.1) is 11.3 Å². The van der Waals surface area contributed by atoms with Crippen LogP contribution in [0.3, 0.4) is 0 Å². The quantitative estimate of drug-likeness (QED) is 0.220. The molecule has 0 aliphatic carbocycles. The van der Waals surface area contributed by atoms with Crippen molar-refractivity contribution >= 4 is 44.2 Å². The molecule has 9 heteroatoms. The number of hydrogen-bond acceptors (Lipinski definition) is 8. The minimum absolute atomic E-state index is 0.0327. The highest BCUT2D eigenvalue weighted by Gasteiger charge is 2.17. The number of benzene rings is 1. The van der Waals surface area contributed by atoms with Crippen LogP contribution in [0.15, 0.2) is 24.3 Å². The number of piperazine rings is 1. The average Bonchev–Trinajstić information content (AvgIpc) is 3.38. The molecule has 2 aromatic heterocycles. The highest BCUT2D eigenvalue weighted by molar-refractivity contribution is 7.19. The minimum Gasteiger partial charge on any atom is -0.309 e. The maximum absolute atomic E-state index is 12.8. The van der Waals surface area contributed by atoms with Crippen LogP contribution >= 0.6 is 11.3 Å². The van der Waals surface area contributed by atoms with Crippen LogP contribution in [0.1, 0.15) is 56.9 Å². The van der Waals surface area contributed by atoms with Crippen LogP contribution < -0.4 is 5.32 Å². The average molecular weight is 582 g/mol. The maximum Gasteiger partial charge on any atom is 0.225 e. The number of carbonyl (C=O) groups is 1. The van der Waals surface area contributed by atoms with E-state index < -0.39 is 0 Å². The second-order valence-electron chi connectivity index (χ2n) is 11.9. The van der Waals surface area contributed by atoms with Crippen molar-refractivity contribution in [2.45, 2.75) is 58.3 Å². The summed E-state index contributed by atoms with van der Waals surface area (Å²) in [5.74, 6) is 0.637. The lowest BCUT2D eigenvalue weighted by atomic mass is 10.1. The number of rotatable bonds is 17. The third kappa shape index (κ3) is 9.96. The van der Waals surface area contributed by atoms with Gasteiger partial charge in [-0.05, 0) is 98.5 Å². The lowest BCUT2D eigenvalue weighted by Crippen LogP contribution is -2.47. The molecule has 3 aromatic rings. The Labute approximate surface area is 251 Å². The van der Waals surface area contributed by atoms with Crippen molar-refractivity contribution in [3.8, 4) is 0 Å². The zero-order valence-electron chi connectivity index (χ0n) is 25.8. The number of aryl methyl sites for hydroxylation is 1. The monoisotopic (exact) mass is 581 g/mol. The van der Waals surface area contributed by atoms with E-state index in [0.717, 1.165) is 71.3 Å². The number of fused-ring (bicyclic) bond motifs is 3. The highest BCUT2D eigenvalue weighted by Crippen LogP contribution is 2.34. The summed E-state index contributed by atoms with van der Waals surface area (Å²) < 4.78 is 1.12. The van der Waals surface area contributed by atoms with Gasteiger partial charge in [-0.3, -0.25) is 4.79 Å². The van der Waals surface area contributed by atoms with Crippen LogP contribution in [0, 0.1) is 0 Å². The van der Waals surface area contributed by atoms with E-state index in [1.807, 2.05) is 18.2 Å². The number of thiazole rings is 1. The third-order valence-electron chi connectivity index (χ3n) is 8.00. The number of carbonyl (C=O) groups excluding carboxylic acids is 1. The minimum atomic E-state index is 0.0327. The van der Waals surface area contributed by atoms with Gasteiger partial charge in [-0.2, -0.15) is 0 Å². The van der Waals surface area contributed by atoms with E-state index >= 15 is 0 Å². The van der Waals surface area contributed by atoms with E-state index in [4.69, 9.17) is 9.97 Å². The van der Waals surface area contributed by atoms with Gasteiger partial charge in [0.1, 0.15) is 5.52 Å². The Kier molecular flexibility index (Phi) is 12.8. The number of unbranched alkanes of at least 4 members (excludes halogenated alkanes) is 2. The summed E-state index contributed by atoms with van der Waals surface area (Å²) in [7, 11) is 6.54. The number of nitrogens with zero attached hydrogens (tertiary/aromatic N) is 6. The molecule has 0 bridgehead atoms. The molecule has 4 rings (SSSR count). The molecule has 0 saturated carbocycles. The van der Waals surface area contributed by atoms with Gasteiger partial charge in [0.2, 0.25) is 5.91 Å². The molecular formula is C32H51N7OS. The Morgan fingerprint density at radius 1 is 0.902 bits per heavy atom. The smallest absolute Gasteiger partial charge is 0.225 e. The van der Waals surface area contributed by atoms with Crippen molar-refractivity contribution in [3.63, 3.8) is 0 Å². The molecule has 41 heavy (non-hydrogen) atoms. The molecule has 8 nitrogen and oxygen atoms in total. The molecule has 0 spiro atoms. The Hall–Kier alpha value is -2.17. The summed E-state index contributed by atoms with van der Waals surface area (Å²) in [6.07, 6.45) is 8.09. The molecule has 0 radical (unpaired) electrons. The van der Waals surface area contributed by atoms with Crippen molar-refractivity contribution in [2.24, 2.45) is 0 Å². The molecule has 1 fully saturated rings. The number of para-hydroxylation sites is 1. The Bertz CT molecular complexity index is 1220. The van der Waals surface area contributed by atoms with Crippen LogP contribution in [0.5, 0.6) is 0 Å². The van der Waals surface area contributed by atoms with E-state index in [9.17, 15) is 4.79 Å². The maximum atomic E-state index is 12.8. The number of anilines is 1. The lowest BCUT2D eigenvalue weighted by molar-refractivity contribution is -0.116. The Morgan fingerprint density at radius 3 is 2.29 bits per heavy atom. The van der Waals surface area contributed by atoms with Crippen LogP contribution in [0.2, 0.25) is 0 Å². The Morgan fingerprint density at radius 2 is 1.59 bits per heavy atom. The number of amides is 1. The van der Waals surface area contributed by atoms with Crippen LogP contribution in [-0.4, -0.2) is 116 Å². The first-order chi connectivity index (χ1) is 19.9. The van der Waals surface area contributed by atoms with Gasteiger partial charge >= 0.3 is 0 Å². The van der Waals surface area contributed by atoms with Gasteiger partial charge in [0, 0.05) is 38.0 Å². The van der Waals surface area contributed by atoms with E-state index in [1.165, 1.54) is 58.7 Å². The summed E-state index contributed by atoms with van der Waals surface area (Å²) in [5, 5.41) is 5.30. The molecule has 0 unspecified atom stereocenters. The zero-order chi connectivity index (χ0) is 29.0. The van der Waals surface area contributed by atoms with Crippen molar-refractivity contribution in [3.05, 3.63) is 29.3 Å². The van der Waals surface area contributed by atoms with Crippen LogP contribution in [0.4, 0.5) is 5.82 Å². The van der Waals surface area contributed by atoms with E-state index in [2.05, 4.69) is 59.0 Å². The normalized spacial score (nSPS) is 15.1. The van der Waals surface area contributed by atoms with Gasteiger partial charge < -0.3 is 24.9 Å². The molecule has 1 aliphatic heterocycles. The van der Waals surface area contributed by atoms with Gasteiger partial charge in [0.05, 0.1) is 15.2 Å². The molecule has 0 atom stereocenters. The fourth-order valence-corrected chi connectivity index (χ4v) is 6.81. The summed E-state index contributed by atoms with van der Waals surface area (Å²) in [6, 6.07) is 8.13. The molecule has 226 valence electrons. The lowest BCUT2D eigenvalue weighted by Gasteiger charge is -2.35. The topological polar surface area (TPSA) is 67.8 Å². The predicted octanol–water partition coefficient (Wildman–Crippen LogP) is 5.19. The summed E-state index contributed by atoms with van der Waals surface area (Å²) in [5.41, 5.74) is 1.73. The number of pyridine rings is 1. The second kappa shape index (κ2) is 16.5. The third-order valence-corrected chi connectivity index (χ3v) is 9.15. The van der Waals surface area contributed by atoms with Crippen molar-refractivity contribution < 1.29 is 4.79 Å². The largest absolute Gasteiger partial charge is 0.309 e. The SMILES string of the molecule is CCCc1nc2c(NC(=O)CCCCCN(C)CCCN3CCN(CCCN(C)C)CC3)nc3ccccc3c2s1. The van der Waals surface area contributed by atoms with Gasteiger partial charge in [0.15, 0.2) is 5.82 Å². The van der Waals surface area contributed by atoms with E-state index in [0.29, 0.717) is 12.2 Å².